The van der Waals surface area contributed by atoms with Crippen LogP contribution in [0, 0.1) is 0 Å². The van der Waals surface area contributed by atoms with E-state index in [2.05, 4.69) is 40.6 Å². The zero-order valence-electron chi connectivity index (χ0n) is 16.4. The minimum absolute atomic E-state index is 0.174. The fourth-order valence-electron chi connectivity index (χ4n) is 3.21. The maximum Gasteiger partial charge on any atom is 0.318 e. The van der Waals surface area contributed by atoms with Gasteiger partial charge in [-0.25, -0.2) is 14.8 Å². The van der Waals surface area contributed by atoms with E-state index in [1.165, 1.54) is 0 Å². The first kappa shape index (κ1) is 19.0. The van der Waals surface area contributed by atoms with E-state index in [-0.39, 0.29) is 24.5 Å². The number of carbonyl (C=O) groups excluding carboxylic acids is 1. The number of urea groups is 1. The number of aromatic amines is 1. The van der Waals surface area contributed by atoms with Crippen molar-refractivity contribution in [1.29, 1.82) is 0 Å². The van der Waals surface area contributed by atoms with E-state index in [0.717, 1.165) is 19.3 Å². The largest absolute Gasteiger partial charge is 0.337 e. The monoisotopic (exact) mass is 397 g/mol. The van der Waals surface area contributed by atoms with Crippen LogP contribution in [0.25, 0.3) is 11.5 Å². The number of carbonyl (C=O) groups is 1. The first-order chi connectivity index (χ1) is 14.1. The van der Waals surface area contributed by atoms with Crippen LogP contribution in [0.2, 0.25) is 0 Å². The number of amides is 2. The number of likely N-dealkylation sites (tertiary alicyclic amines) is 1. The lowest BCUT2D eigenvalue weighted by Crippen LogP contribution is -2.44. The predicted octanol–water partition coefficient (Wildman–Crippen LogP) is 2.20. The van der Waals surface area contributed by atoms with Gasteiger partial charge in [0.2, 0.25) is 11.7 Å². The highest BCUT2D eigenvalue weighted by Gasteiger charge is 2.32. The molecule has 11 heteroatoms. The van der Waals surface area contributed by atoms with Gasteiger partial charge in [0.05, 0.1) is 12.7 Å². The zero-order valence-corrected chi connectivity index (χ0v) is 16.4. The molecule has 1 unspecified atom stereocenters. The second-order valence-corrected chi connectivity index (χ2v) is 7.21. The van der Waals surface area contributed by atoms with Crippen LogP contribution >= 0.6 is 0 Å². The lowest BCUT2D eigenvalue weighted by Gasteiger charge is -2.33. The molecular formula is C18H23N9O2. The summed E-state index contributed by atoms with van der Waals surface area (Å²) in [5.41, 5.74) is 0.565. The van der Waals surface area contributed by atoms with Crippen LogP contribution in [0.1, 0.15) is 62.6 Å². The van der Waals surface area contributed by atoms with Crippen molar-refractivity contribution in [3.8, 4) is 11.5 Å². The third kappa shape index (κ3) is 4.23. The summed E-state index contributed by atoms with van der Waals surface area (Å²) >= 11 is 0. The van der Waals surface area contributed by atoms with Crippen LogP contribution < -0.4 is 5.32 Å². The molecule has 4 heterocycles. The maximum absolute atomic E-state index is 12.8. The zero-order chi connectivity index (χ0) is 20.2. The van der Waals surface area contributed by atoms with Crippen molar-refractivity contribution >= 4 is 6.03 Å². The third-order valence-electron chi connectivity index (χ3n) is 4.75. The van der Waals surface area contributed by atoms with Crippen molar-refractivity contribution in [1.82, 2.24) is 45.5 Å². The number of H-pyrrole nitrogens is 1. The van der Waals surface area contributed by atoms with Crippen molar-refractivity contribution < 1.29 is 9.32 Å². The molecule has 1 aliphatic heterocycles. The lowest BCUT2D eigenvalue weighted by atomic mass is 10.0. The second kappa shape index (κ2) is 8.33. The van der Waals surface area contributed by atoms with Crippen molar-refractivity contribution in [2.24, 2.45) is 0 Å². The molecule has 29 heavy (non-hydrogen) atoms. The average Bonchev–Trinajstić information content (AvgIpc) is 3.43. The standard InChI is InChI=1S/C18H23N9O2/c1-11(2)15-23-17(29-26-15)13-5-3-4-8-27(13)18(28)21-10-14-22-16(25-24-14)12-9-19-6-7-20-12/h6-7,9,11,13H,3-5,8,10H2,1-2H3,(H,21,28)(H,22,24,25). The number of aromatic nitrogens is 7. The Morgan fingerprint density at radius 2 is 2.24 bits per heavy atom. The van der Waals surface area contributed by atoms with Crippen LogP contribution in [0.5, 0.6) is 0 Å². The van der Waals surface area contributed by atoms with Gasteiger partial charge >= 0.3 is 6.03 Å². The second-order valence-electron chi connectivity index (χ2n) is 7.21. The van der Waals surface area contributed by atoms with E-state index in [0.29, 0.717) is 35.6 Å². The Kier molecular flexibility index (Phi) is 5.45. The molecule has 1 atom stereocenters. The van der Waals surface area contributed by atoms with Crippen LogP contribution in [0.3, 0.4) is 0 Å². The average molecular weight is 397 g/mol. The summed E-state index contributed by atoms with van der Waals surface area (Å²) in [5, 5.41) is 13.9. The van der Waals surface area contributed by atoms with Crippen molar-refractivity contribution in [3.63, 3.8) is 0 Å². The van der Waals surface area contributed by atoms with E-state index < -0.39 is 0 Å². The first-order valence-electron chi connectivity index (χ1n) is 9.67. The van der Waals surface area contributed by atoms with Gasteiger partial charge < -0.3 is 14.7 Å². The highest BCUT2D eigenvalue weighted by Crippen LogP contribution is 2.30. The lowest BCUT2D eigenvalue weighted by molar-refractivity contribution is 0.131. The van der Waals surface area contributed by atoms with Crippen LogP contribution in [-0.4, -0.2) is 52.8 Å². The summed E-state index contributed by atoms with van der Waals surface area (Å²) in [6.07, 6.45) is 7.49. The Labute approximate surface area is 167 Å². The summed E-state index contributed by atoms with van der Waals surface area (Å²) in [7, 11) is 0. The fourth-order valence-corrected chi connectivity index (χ4v) is 3.21. The third-order valence-corrected chi connectivity index (χ3v) is 4.75. The maximum atomic E-state index is 12.8. The van der Waals surface area contributed by atoms with Gasteiger partial charge in [0, 0.05) is 24.9 Å². The molecule has 4 rings (SSSR count). The molecule has 1 saturated heterocycles. The summed E-state index contributed by atoms with van der Waals surface area (Å²) in [6.45, 7) is 4.87. The normalized spacial score (nSPS) is 16.9. The van der Waals surface area contributed by atoms with Crippen molar-refractivity contribution in [2.75, 3.05) is 6.54 Å². The number of hydrogen-bond acceptors (Lipinski definition) is 8. The quantitative estimate of drug-likeness (QED) is 0.668. The number of nitrogens with zero attached hydrogens (tertiary/aromatic N) is 7. The molecule has 11 nitrogen and oxygen atoms in total. The summed E-state index contributed by atoms with van der Waals surface area (Å²) < 4.78 is 5.44. The molecular weight excluding hydrogens is 374 g/mol. The first-order valence-corrected chi connectivity index (χ1v) is 9.67. The number of rotatable bonds is 5. The minimum Gasteiger partial charge on any atom is -0.337 e. The minimum atomic E-state index is -0.214. The van der Waals surface area contributed by atoms with Crippen LogP contribution in [-0.2, 0) is 6.54 Å². The number of nitrogens with one attached hydrogen (secondary N) is 2. The Morgan fingerprint density at radius 1 is 1.34 bits per heavy atom. The van der Waals surface area contributed by atoms with Gasteiger partial charge in [-0.3, -0.25) is 10.1 Å². The van der Waals surface area contributed by atoms with Crippen molar-refractivity contribution in [2.45, 2.75) is 51.6 Å². The molecule has 1 aliphatic rings. The molecule has 3 aromatic rings. The Hall–Kier alpha value is -3.37. The molecule has 3 aromatic heterocycles. The van der Waals surface area contributed by atoms with Gasteiger partial charge in [0.1, 0.15) is 17.6 Å². The van der Waals surface area contributed by atoms with E-state index in [4.69, 9.17) is 4.52 Å². The number of hydrogen-bond donors (Lipinski definition) is 2. The summed E-state index contributed by atoms with van der Waals surface area (Å²) in [4.78, 5) is 31.6. The van der Waals surface area contributed by atoms with E-state index in [1.807, 2.05) is 13.8 Å². The smallest absolute Gasteiger partial charge is 0.318 e. The molecule has 0 bridgehead atoms. The Bertz CT molecular complexity index is 953. The molecule has 0 aliphatic carbocycles. The van der Waals surface area contributed by atoms with E-state index in [1.54, 1.807) is 23.5 Å². The highest BCUT2D eigenvalue weighted by molar-refractivity contribution is 5.74. The fraction of sp³-hybridized carbons (Fsp3) is 0.500. The molecule has 1 fully saturated rings. The van der Waals surface area contributed by atoms with Crippen molar-refractivity contribution in [3.05, 3.63) is 36.1 Å². The Balaban J connectivity index is 1.41. The van der Waals surface area contributed by atoms with E-state index in [9.17, 15) is 4.79 Å². The summed E-state index contributed by atoms with van der Waals surface area (Å²) in [6, 6.07) is -0.412. The molecule has 0 aromatic carbocycles. The molecule has 152 valence electrons. The Morgan fingerprint density at radius 3 is 3.00 bits per heavy atom. The van der Waals surface area contributed by atoms with Gasteiger partial charge in [-0.2, -0.15) is 10.1 Å². The van der Waals surface area contributed by atoms with Gasteiger partial charge in [0.15, 0.2) is 5.82 Å². The molecule has 2 amide bonds. The molecule has 0 radical (unpaired) electrons. The predicted molar refractivity (Wildman–Crippen MR) is 101 cm³/mol. The van der Waals surface area contributed by atoms with Gasteiger partial charge in [-0.15, -0.1) is 0 Å². The molecule has 0 saturated carbocycles. The van der Waals surface area contributed by atoms with Crippen LogP contribution in [0.15, 0.2) is 23.1 Å². The van der Waals surface area contributed by atoms with E-state index >= 15 is 0 Å². The molecule has 2 N–H and O–H groups in total. The number of piperidine rings is 1. The molecule has 0 spiro atoms. The highest BCUT2D eigenvalue weighted by atomic mass is 16.5. The topological polar surface area (TPSA) is 139 Å². The van der Waals surface area contributed by atoms with Crippen LogP contribution in [0.4, 0.5) is 4.79 Å². The van der Waals surface area contributed by atoms with Gasteiger partial charge in [0.25, 0.3) is 0 Å². The SMILES string of the molecule is CC(C)c1noc(C2CCCCN2C(=O)NCc2nc(-c3cnccn3)n[nH]2)n1. The summed E-state index contributed by atoms with van der Waals surface area (Å²) in [5.74, 6) is 2.29. The van der Waals surface area contributed by atoms with Gasteiger partial charge in [-0.1, -0.05) is 19.0 Å². The van der Waals surface area contributed by atoms with Gasteiger partial charge in [-0.05, 0) is 19.3 Å².